The average molecular weight is 414 g/mol. The Bertz CT molecular complexity index is 1030. The summed E-state index contributed by atoms with van der Waals surface area (Å²) in [5, 5.41) is 2.84. The lowest BCUT2D eigenvalue weighted by atomic mass is 9.88. The van der Waals surface area contributed by atoms with Crippen LogP contribution >= 0.6 is 0 Å². The molecule has 1 aromatic heterocycles. The van der Waals surface area contributed by atoms with Crippen molar-refractivity contribution in [1.82, 2.24) is 14.3 Å². The first-order valence-corrected chi connectivity index (χ1v) is 12.9. The van der Waals surface area contributed by atoms with Crippen molar-refractivity contribution in [2.75, 3.05) is 0 Å². The summed E-state index contributed by atoms with van der Waals surface area (Å²) in [6, 6.07) is 8.07. The van der Waals surface area contributed by atoms with Gasteiger partial charge in [-0.15, -0.1) is 0 Å². The Morgan fingerprint density at radius 1 is 1.07 bits per heavy atom. The Balaban J connectivity index is 1.80. The Labute approximate surface area is 172 Å². The molecule has 7 heteroatoms. The van der Waals surface area contributed by atoms with E-state index in [1.807, 2.05) is 18.2 Å². The number of nitrogens with one attached hydrogen (secondary N) is 1. The van der Waals surface area contributed by atoms with Crippen molar-refractivity contribution in [3.05, 3.63) is 80.7 Å². The van der Waals surface area contributed by atoms with Crippen LogP contribution in [0.25, 0.3) is 0 Å². The summed E-state index contributed by atoms with van der Waals surface area (Å²) < 4.78 is 8.81. The largest absolute Gasteiger partial charge is 0.413 e. The van der Waals surface area contributed by atoms with Crippen molar-refractivity contribution in [2.24, 2.45) is 7.05 Å². The molecule has 0 bridgehead atoms. The van der Waals surface area contributed by atoms with E-state index in [2.05, 4.69) is 69.3 Å². The predicted octanol–water partition coefficient (Wildman–Crippen LogP) is 3.85. The SMILES string of the molecule is Cn1c(=O)[nH]n([C@H]2C=CC=C[C@@H]2c2ccc(CO[Si](C)(C)C(C)(C)C)cc2)c1=O. The van der Waals surface area contributed by atoms with Gasteiger partial charge in [-0.05, 0) is 29.3 Å². The molecule has 1 N–H and O–H groups in total. The summed E-state index contributed by atoms with van der Waals surface area (Å²) in [7, 11) is -0.314. The van der Waals surface area contributed by atoms with Crippen LogP contribution in [-0.2, 0) is 18.1 Å². The first kappa shape index (κ1) is 21.3. The van der Waals surface area contributed by atoms with E-state index in [0.717, 1.165) is 15.7 Å². The van der Waals surface area contributed by atoms with Gasteiger partial charge < -0.3 is 4.43 Å². The molecule has 156 valence electrons. The minimum absolute atomic E-state index is 0.0360. The lowest BCUT2D eigenvalue weighted by Gasteiger charge is -2.36. The normalized spacial score (nSPS) is 19.7. The quantitative estimate of drug-likeness (QED) is 0.757. The van der Waals surface area contributed by atoms with Crippen molar-refractivity contribution in [1.29, 1.82) is 0 Å². The molecule has 0 fully saturated rings. The van der Waals surface area contributed by atoms with E-state index >= 15 is 0 Å². The zero-order chi connectivity index (χ0) is 21.4. The smallest absolute Gasteiger partial charge is 0.347 e. The molecule has 0 aliphatic heterocycles. The number of allylic oxidation sites excluding steroid dienone is 4. The highest BCUT2D eigenvalue weighted by Crippen LogP contribution is 2.37. The highest BCUT2D eigenvalue weighted by molar-refractivity contribution is 6.74. The number of nitrogens with zero attached hydrogens (tertiary/aromatic N) is 2. The van der Waals surface area contributed by atoms with Crippen molar-refractivity contribution in [3.8, 4) is 0 Å². The third-order valence-electron chi connectivity index (χ3n) is 6.19. The van der Waals surface area contributed by atoms with Crippen molar-refractivity contribution in [2.45, 2.75) is 57.5 Å². The highest BCUT2D eigenvalue weighted by Gasteiger charge is 2.37. The van der Waals surface area contributed by atoms with Crippen LogP contribution in [0.5, 0.6) is 0 Å². The van der Waals surface area contributed by atoms with Crippen LogP contribution < -0.4 is 11.4 Å². The fourth-order valence-electron chi connectivity index (χ4n) is 3.14. The second-order valence-corrected chi connectivity index (χ2v) is 14.0. The van der Waals surface area contributed by atoms with Gasteiger partial charge in [0.2, 0.25) is 0 Å². The predicted molar refractivity (Wildman–Crippen MR) is 119 cm³/mol. The molecule has 2 atom stereocenters. The van der Waals surface area contributed by atoms with Gasteiger partial charge in [0.1, 0.15) is 0 Å². The number of hydrogen-bond donors (Lipinski definition) is 1. The van der Waals surface area contributed by atoms with Crippen LogP contribution in [0.2, 0.25) is 18.1 Å². The lowest BCUT2D eigenvalue weighted by Crippen LogP contribution is -2.40. The Hall–Kier alpha value is -2.38. The second kappa shape index (κ2) is 7.80. The molecule has 0 amide bonds. The van der Waals surface area contributed by atoms with Gasteiger partial charge in [-0.1, -0.05) is 69.3 Å². The average Bonchev–Trinajstić information content (AvgIpc) is 2.93. The van der Waals surface area contributed by atoms with Crippen LogP contribution in [-0.4, -0.2) is 22.7 Å². The van der Waals surface area contributed by atoms with E-state index in [9.17, 15) is 9.59 Å². The molecule has 1 aromatic carbocycles. The molecule has 1 heterocycles. The summed E-state index contributed by atoms with van der Waals surface area (Å²) in [6.45, 7) is 11.8. The molecule has 0 saturated heterocycles. The molecule has 0 spiro atoms. The zero-order valence-electron chi connectivity index (χ0n) is 18.1. The van der Waals surface area contributed by atoms with Gasteiger partial charge in [-0.3, -0.25) is 0 Å². The van der Waals surface area contributed by atoms with Gasteiger partial charge in [-0.25, -0.2) is 23.9 Å². The minimum Gasteiger partial charge on any atom is -0.413 e. The molecule has 29 heavy (non-hydrogen) atoms. The van der Waals surface area contributed by atoms with E-state index in [1.54, 1.807) is 0 Å². The van der Waals surface area contributed by atoms with E-state index in [-0.39, 0.29) is 22.7 Å². The molecule has 0 radical (unpaired) electrons. The number of aromatic amines is 1. The molecular formula is C22H31N3O3Si. The maximum atomic E-state index is 12.4. The van der Waals surface area contributed by atoms with Crippen LogP contribution in [0.1, 0.15) is 43.9 Å². The zero-order valence-corrected chi connectivity index (χ0v) is 19.1. The number of aromatic nitrogens is 3. The third-order valence-corrected chi connectivity index (χ3v) is 10.7. The van der Waals surface area contributed by atoms with Gasteiger partial charge in [0, 0.05) is 13.0 Å². The van der Waals surface area contributed by atoms with Gasteiger partial charge in [0.05, 0.1) is 12.6 Å². The summed E-state index contributed by atoms with van der Waals surface area (Å²) in [6.07, 6.45) is 7.88. The van der Waals surface area contributed by atoms with Gasteiger partial charge in [0.25, 0.3) is 0 Å². The molecule has 2 aromatic rings. The minimum atomic E-state index is -1.79. The molecule has 3 rings (SSSR count). The van der Waals surface area contributed by atoms with Crippen molar-refractivity contribution in [3.63, 3.8) is 0 Å². The summed E-state index contributed by atoms with van der Waals surface area (Å²) >= 11 is 0. The summed E-state index contributed by atoms with van der Waals surface area (Å²) in [4.78, 5) is 24.3. The fraction of sp³-hybridized carbons (Fsp3) is 0.455. The summed E-state index contributed by atoms with van der Waals surface area (Å²) in [5.41, 5.74) is 1.47. The van der Waals surface area contributed by atoms with Gasteiger partial charge >= 0.3 is 11.4 Å². The Morgan fingerprint density at radius 3 is 2.24 bits per heavy atom. The van der Waals surface area contributed by atoms with Crippen LogP contribution in [0.3, 0.4) is 0 Å². The first-order chi connectivity index (χ1) is 13.5. The lowest BCUT2D eigenvalue weighted by molar-refractivity contribution is 0.276. The van der Waals surface area contributed by atoms with E-state index < -0.39 is 14.0 Å². The van der Waals surface area contributed by atoms with Crippen LogP contribution in [0, 0.1) is 0 Å². The van der Waals surface area contributed by atoms with E-state index in [4.69, 9.17) is 4.43 Å². The number of H-pyrrole nitrogens is 1. The number of hydrogen-bond acceptors (Lipinski definition) is 3. The third kappa shape index (κ3) is 4.30. The van der Waals surface area contributed by atoms with Gasteiger partial charge in [-0.2, -0.15) is 0 Å². The number of rotatable bonds is 5. The van der Waals surface area contributed by atoms with Crippen molar-refractivity contribution < 1.29 is 4.43 Å². The molecule has 0 unspecified atom stereocenters. The first-order valence-electron chi connectivity index (χ1n) is 9.96. The van der Waals surface area contributed by atoms with Crippen LogP contribution in [0.15, 0.2) is 58.2 Å². The molecular weight excluding hydrogens is 382 g/mol. The molecule has 1 aliphatic carbocycles. The molecule has 0 saturated carbocycles. The van der Waals surface area contributed by atoms with Gasteiger partial charge in [0.15, 0.2) is 8.32 Å². The molecule has 6 nitrogen and oxygen atoms in total. The highest BCUT2D eigenvalue weighted by atomic mass is 28.4. The number of benzene rings is 1. The Morgan fingerprint density at radius 2 is 1.69 bits per heavy atom. The van der Waals surface area contributed by atoms with E-state index in [1.165, 1.54) is 11.7 Å². The molecule has 1 aliphatic rings. The van der Waals surface area contributed by atoms with Crippen LogP contribution in [0.4, 0.5) is 0 Å². The second-order valence-electron chi connectivity index (χ2n) is 9.21. The fourth-order valence-corrected chi connectivity index (χ4v) is 4.10. The monoisotopic (exact) mass is 413 g/mol. The maximum absolute atomic E-state index is 12.4. The standard InChI is InChI=1S/C22H31N3O3Si/c1-22(2,3)29(5,6)28-15-16-11-13-17(14-12-16)18-9-7-8-10-19(18)25-21(27)24(4)20(26)23-25/h7-14,18-19H,15H2,1-6H3,(H,23,26)/t18-,19+/m1/s1. The summed E-state index contributed by atoms with van der Waals surface area (Å²) in [5.74, 6) is -0.0360. The van der Waals surface area contributed by atoms with E-state index in [0.29, 0.717) is 6.61 Å². The Kier molecular flexibility index (Phi) is 5.74. The van der Waals surface area contributed by atoms with Crippen molar-refractivity contribution >= 4 is 8.32 Å². The maximum Gasteiger partial charge on any atom is 0.347 e. The topological polar surface area (TPSA) is 69.0 Å².